The summed E-state index contributed by atoms with van der Waals surface area (Å²) in [5, 5.41) is 6.00. The molecule has 98 valence electrons. The van der Waals surface area contributed by atoms with Crippen LogP contribution < -0.4 is 10.6 Å². The molecule has 18 heavy (non-hydrogen) atoms. The SMILES string of the molecule is O=C(Cc1cccc(F)c1F)NC1CCCNC1. The van der Waals surface area contributed by atoms with Gasteiger partial charge in [-0.3, -0.25) is 4.79 Å². The number of halogens is 2. The second-order valence-corrected chi connectivity index (χ2v) is 4.50. The summed E-state index contributed by atoms with van der Waals surface area (Å²) in [7, 11) is 0. The fourth-order valence-corrected chi connectivity index (χ4v) is 2.11. The molecule has 1 atom stereocenters. The molecule has 2 N–H and O–H groups in total. The Balaban J connectivity index is 1.92. The van der Waals surface area contributed by atoms with Crippen molar-refractivity contribution in [3.05, 3.63) is 35.4 Å². The van der Waals surface area contributed by atoms with E-state index in [1.165, 1.54) is 12.1 Å². The van der Waals surface area contributed by atoms with Crippen LogP contribution in [0.1, 0.15) is 18.4 Å². The standard InChI is InChI=1S/C13H16F2N2O/c14-11-5-1-3-9(13(11)15)7-12(18)17-10-4-2-6-16-8-10/h1,3,5,10,16H,2,4,6-8H2,(H,17,18). The molecule has 1 aliphatic rings. The Morgan fingerprint density at radius 1 is 1.44 bits per heavy atom. The minimum atomic E-state index is -0.936. The van der Waals surface area contributed by atoms with Gasteiger partial charge in [0.2, 0.25) is 5.91 Å². The van der Waals surface area contributed by atoms with Crippen LogP contribution >= 0.6 is 0 Å². The number of carbonyl (C=O) groups is 1. The number of benzene rings is 1. The highest BCUT2D eigenvalue weighted by atomic mass is 19.2. The highest BCUT2D eigenvalue weighted by molar-refractivity contribution is 5.78. The molecule has 3 nitrogen and oxygen atoms in total. The van der Waals surface area contributed by atoms with Crippen molar-refractivity contribution in [3.8, 4) is 0 Å². The van der Waals surface area contributed by atoms with Crippen LogP contribution in [0.5, 0.6) is 0 Å². The molecule has 1 saturated heterocycles. The van der Waals surface area contributed by atoms with Crippen molar-refractivity contribution in [2.24, 2.45) is 0 Å². The molecule has 1 unspecified atom stereocenters. The Labute approximate surface area is 105 Å². The average molecular weight is 254 g/mol. The van der Waals surface area contributed by atoms with Gasteiger partial charge in [0, 0.05) is 18.2 Å². The molecule has 0 aliphatic carbocycles. The van der Waals surface area contributed by atoms with E-state index in [9.17, 15) is 13.6 Å². The zero-order valence-electron chi connectivity index (χ0n) is 10.0. The Bertz CT molecular complexity index is 431. The molecular formula is C13H16F2N2O. The predicted octanol–water partition coefficient (Wildman–Crippen LogP) is 1.38. The van der Waals surface area contributed by atoms with Crippen molar-refractivity contribution in [2.45, 2.75) is 25.3 Å². The molecule has 1 heterocycles. The van der Waals surface area contributed by atoms with E-state index in [0.29, 0.717) is 0 Å². The molecular weight excluding hydrogens is 238 g/mol. The molecule has 0 radical (unpaired) electrons. The number of nitrogens with one attached hydrogen (secondary N) is 2. The second kappa shape index (κ2) is 5.91. The summed E-state index contributed by atoms with van der Waals surface area (Å²) in [6.07, 6.45) is 1.81. The molecule has 1 amide bonds. The van der Waals surface area contributed by atoms with E-state index in [0.717, 1.165) is 32.0 Å². The van der Waals surface area contributed by atoms with Crippen LogP contribution in [0.2, 0.25) is 0 Å². The minimum absolute atomic E-state index is 0.0860. The molecule has 2 rings (SSSR count). The fraction of sp³-hybridized carbons (Fsp3) is 0.462. The van der Waals surface area contributed by atoms with Crippen LogP contribution in [0.25, 0.3) is 0 Å². The zero-order chi connectivity index (χ0) is 13.0. The van der Waals surface area contributed by atoms with Gasteiger partial charge in [0.15, 0.2) is 11.6 Å². The lowest BCUT2D eigenvalue weighted by Gasteiger charge is -2.23. The number of hydrogen-bond acceptors (Lipinski definition) is 2. The van der Waals surface area contributed by atoms with Crippen LogP contribution in [0.4, 0.5) is 8.78 Å². The molecule has 0 spiro atoms. The molecule has 5 heteroatoms. The largest absolute Gasteiger partial charge is 0.352 e. The van der Waals surface area contributed by atoms with Crippen LogP contribution in [-0.2, 0) is 11.2 Å². The number of hydrogen-bond donors (Lipinski definition) is 2. The van der Waals surface area contributed by atoms with Crippen LogP contribution in [-0.4, -0.2) is 25.0 Å². The lowest BCUT2D eigenvalue weighted by atomic mass is 10.1. The topological polar surface area (TPSA) is 41.1 Å². The normalized spacial score (nSPS) is 19.6. The van der Waals surface area contributed by atoms with Crippen LogP contribution in [0.3, 0.4) is 0 Å². The smallest absolute Gasteiger partial charge is 0.224 e. The highest BCUT2D eigenvalue weighted by Crippen LogP contribution is 2.12. The third-order valence-electron chi connectivity index (χ3n) is 3.04. The van der Waals surface area contributed by atoms with Gasteiger partial charge in [-0.2, -0.15) is 0 Å². The quantitative estimate of drug-likeness (QED) is 0.855. The summed E-state index contributed by atoms with van der Waals surface area (Å²) < 4.78 is 26.3. The third kappa shape index (κ3) is 3.26. The zero-order valence-corrected chi connectivity index (χ0v) is 10.0. The predicted molar refractivity (Wildman–Crippen MR) is 64.1 cm³/mol. The first-order chi connectivity index (χ1) is 8.66. The fourth-order valence-electron chi connectivity index (χ4n) is 2.11. The Morgan fingerprint density at radius 2 is 2.28 bits per heavy atom. The lowest BCUT2D eigenvalue weighted by molar-refractivity contribution is -0.121. The first kappa shape index (κ1) is 13.0. The van der Waals surface area contributed by atoms with Crippen molar-refractivity contribution < 1.29 is 13.6 Å². The maximum absolute atomic E-state index is 13.4. The Kier molecular flexibility index (Phi) is 4.25. The first-order valence-electron chi connectivity index (χ1n) is 6.10. The summed E-state index contributed by atoms with van der Waals surface area (Å²) in [4.78, 5) is 11.7. The molecule has 0 bridgehead atoms. The van der Waals surface area contributed by atoms with Crippen LogP contribution in [0, 0.1) is 11.6 Å². The van der Waals surface area contributed by atoms with Crippen LogP contribution in [0.15, 0.2) is 18.2 Å². The first-order valence-corrected chi connectivity index (χ1v) is 6.10. The van der Waals surface area contributed by atoms with Gasteiger partial charge in [-0.05, 0) is 25.5 Å². The van der Waals surface area contributed by atoms with E-state index in [4.69, 9.17) is 0 Å². The van der Waals surface area contributed by atoms with Gasteiger partial charge in [0.25, 0.3) is 0 Å². The molecule has 0 saturated carbocycles. The van der Waals surface area contributed by atoms with Crippen molar-refractivity contribution >= 4 is 5.91 Å². The second-order valence-electron chi connectivity index (χ2n) is 4.50. The van der Waals surface area contributed by atoms with E-state index < -0.39 is 11.6 Å². The third-order valence-corrected chi connectivity index (χ3v) is 3.04. The highest BCUT2D eigenvalue weighted by Gasteiger charge is 2.17. The van der Waals surface area contributed by atoms with Gasteiger partial charge in [-0.15, -0.1) is 0 Å². The molecule has 1 aromatic rings. The van der Waals surface area contributed by atoms with E-state index >= 15 is 0 Å². The van der Waals surface area contributed by atoms with Crippen molar-refractivity contribution in [3.63, 3.8) is 0 Å². The average Bonchev–Trinajstić information content (AvgIpc) is 2.36. The summed E-state index contributed by atoms with van der Waals surface area (Å²) in [6.45, 7) is 1.70. The Hall–Kier alpha value is -1.49. The van der Waals surface area contributed by atoms with E-state index in [1.807, 2.05) is 0 Å². The van der Waals surface area contributed by atoms with Gasteiger partial charge in [0.1, 0.15) is 0 Å². The van der Waals surface area contributed by atoms with E-state index in [2.05, 4.69) is 10.6 Å². The molecule has 1 fully saturated rings. The van der Waals surface area contributed by atoms with Gasteiger partial charge in [-0.1, -0.05) is 12.1 Å². The number of amides is 1. The lowest BCUT2D eigenvalue weighted by Crippen LogP contribution is -2.46. The van der Waals surface area contributed by atoms with Crippen molar-refractivity contribution in [2.75, 3.05) is 13.1 Å². The maximum atomic E-state index is 13.4. The van der Waals surface area contributed by atoms with Gasteiger partial charge < -0.3 is 10.6 Å². The Morgan fingerprint density at radius 3 is 3.00 bits per heavy atom. The van der Waals surface area contributed by atoms with E-state index in [1.54, 1.807) is 0 Å². The summed E-state index contributed by atoms with van der Waals surface area (Å²) >= 11 is 0. The molecule has 1 aliphatic heterocycles. The summed E-state index contributed by atoms with van der Waals surface area (Å²) in [6, 6.07) is 3.96. The van der Waals surface area contributed by atoms with Gasteiger partial charge in [0.05, 0.1) is 6.42 Å². The molecule has 0 aromatic heterocycles. The number of rotatable bonds is 3. The van der Waals surface area contributed by atoms with E-state index in [-0.39, 0.29) is 23.9 Å². The van der Waals surface area contributed by atoms with Gasteiger partial charge in [-0.25, -0.2) is 8.78 Å². The van der Waals surface area contributed by atoms with Gasteiger partial charge >= 0.3 is 0 Å². The summed E-state index contributed by atoms with van der Waals surface area (Å²) in [5.74, 6) is -2.12. The van der Waals surface area contributed by atoms with Crippen molar-refractivity contribution in [1.29, 1.82) is 0 Å². The monoisotopic (exact) mass is 254 g/mol. The minimum Gasteiger partial charge on any atom is -0.352 e. The molecule has 1 aromatic carbocycles. The van der Waals surface area contributed by atoms with Crippen molar-refractivity contribution in [1.82, 2.24) is 10.6 Å². The number of carbonyl (C=O) groups excluding carboxylic acids is 1. The number of piperidine rings is 1. The summed E-state index contributed by atoms with van der Waals surface area (Å²) in [5.41, 5.74) is 0.0938. The maximum Gasteiger partial charge on any atom is 0.224 e.